The van der Waals surface area contributed by atoms with Crippen LogP contribution in [0.3, 0.4) is 0 Å². The van der Waals surface area contributed by atoms with Gasteiger partial charge < -0.3 is 9.47 Å². The second kappa shape index (κ2) is 8.72. The molecule has 0 saturated carbocycles. The molecule has 4 nitrogen and oxygen atoms in total. The Hall–Kier alpha value is -1.32. The standard InChI is InChI=1S/C14H24O4/c1-5-8-9-10-11-14(4,12(15)17-6-2)13(16)18-7-3/h5H,1,6-11H2,2-4H3. The Balaban J connectivity index is 4.63. The fourth-order valence-corrected chi connectivity index (χ4v) is 1.64. The molecule has 0 aromatic carbocycles. The largest absolute Gasteiger partial charge is 0.465 e. The molecule has 0 aromatic heterocycles. The van der Waals surface area contributed by atoms with Gasteiger partial charge in [-0.3, -0.25) is 9.59 Å². The van der Waals surface area contributed by atoms with Gasteiger partial charge in [-0.05, 0) is 40.0 Å². The van der Waals surface area contributed by atoms with Crippen LogP contribution in [-0.2, 0) is 19.1 Å². The lowest BCUT2D eigenvalue weighted by atomic mass is 9.84. The molecule has 0 aliphatic carbocycles. The van der Waals surface area contributed by atoms with E-state index in [9.17, 15) is 9.59 Å². The van der Waals surface area contributed by atoms with E-state index in [2.05, 4.69) is 6.58 Å². The van der Waals surface area contributed by atoms with E-state index in [1.807, 2.05) is 6.08 Å². The lowest BCUT2D eigenvalue weighted by molar-refractivity contribution is -0.171. The van der Waals surface area contributed by atoms with Crippen LogP contribution >= 0.6 is 0 Å². The summed E-state index contributed by atoms with van der Waals surface area (Å²) in [6.45, 7) is 9.21. The average Bonchev–Trinajstić information content (AvgIpc) is 2.35. The molecule has 104 valence electrons. The molecular formula is C14H24O4. The van der Waals surface area contributed by atoms with E-state index >= 15 is 0 Å². The summed E-state index contributed by atoms with van der Waals surface area (Å²) in [5.74, 6) is -0.996. The predicted octanol–water partition coefficient (Wildman–Crippen LogP) is 2.87. The van der Waals surface area contributed by atoms with Crippen LogP contribution in [0, 0.1) is 5.41 Å². The topological polar surface area (TPSA) is 52.6 Å². The second-order valence-electron chi connectivity index (χ2n) is 4.31. The smallest absolute Gasteiger partial charge is 0.323 e. The fourth-order valence-electron chi connectivity index (χ4n) is 1.64. The molecule has 0 aliphatic rings. The SMILES string of the molecule is C=CCCCCC(C)(C(=O)OCC)C(=O)OCC. The Morgan fingerprint density at radius 2 is 1.61 bits per heavy atom. The van der Waals surface area contributed by atoms with Crippen molar-refractivity contribution in [3.63, 3.8) is 0 Å². The van der Waals surface area contributed by atoms with E-state index in [0.29, 0.717) is 6.42 Å². The van der Waals surface area contributed by atoms with Crippen molar-refractivity contribution < 1.29 is 19.1 Å². The van der Waals surface area contributed by atoms with Crippen molar-refractivity contribution in [3.8, 4) is 0 Å². The van der Waals surface area contributed by atoms with Crippen molar-refractivity contribution in [2.24, 2.45) is 5.41 Å². The maximum atomic E-state index is 11.9. The number of carbonyl (C=O) groups excluding carboxylic acids is 2. The summed E-state index contributed by atoms with van der Waals surface area (Å²) < 4.78 is 9.94. The summed E-state index contributed by atoms with van der Waals surface area (Å²) in [5.41, 5.74) is -1.19. The zero-order valence-corrected chi connectivity index (χ0v) is 11.7. The Bertz CT molecular complexity index is 266. The second-order valence-corrected chi connectivity index (χ2v) is 4.31. The molecular weight excluding hydrogens is 232 g/mol. The van der Waals surface area contributed by atoms with Gasteiger partial charge in [0.05, 0.1) is 13.2 Å². The van der Waals surface area contributed by atoms with Crippen LogP contribution in [-0.4, -0.2) is 25.2 Å². The molecule has 0 fully saturated rings. The van der Waals surface area contributed by atoms with Crippen LogP contribution in [0.15, 0.2) is 12.7 Å². The van der Waals surface area contributed by atoms with Gasteiger partial charge in [0.1, 0.15) is 0 Å². The van der Waals surface area contributed by atoms with Crippen molar-refractivity contribution in [2.45, 2.75) is 46.5 Å². The highest BCUT2D eigenvalue weighted by molar-refractivity contribution is 5.99. The van der Waals surface area contributed by atoms with Gasteiger partial charge >= 0.3 is 11.9 Å². The number of allylic oxidation sites excluding steroid dienone is 1. The molecule has 0 atom stereocenters. The van der Waals surface area contributed by atoms with Crippen LogP contribution in [0.5, 0.6) is 0 Å². The van der Waals surface area contributed by atoms with Crippen molar-refractivity contribution in [1.29, 1.82) is 0 Å². The van der Waals surface area contributed by atoms with E-state index in [4.69, 9.17) is 9.47 Å². The third-order valence-corrected chi connectivity index (χ3v) is 2.79. The molecule has 0 bridgehead atoms. The molecule has 0 rings (SSSR count). The maximum absolute atomic E-state index is 11.9. The predicted molar refractivity (Wildman–Crippen MR) is 70.0 cm³/mol. The van der Waals surface area contributed by atoms with Crippen LogP contribution in [0.25, 0.3) is 0 Å². The monoisotopic (exact) mass is 256 g/mol. The van der Waals surface area contributed by atoms with Crippen molar-refractivity contribution >= 4 is 11.9 Å². The number of esters is 2. The number of hydrogen-bond acceptors (Lipinski definition) is 4. The third-order valence-electron chi connectivity index (χ3n) is 2.79. The van der Waals surface area contributed by atoms with Crippen LogP contribution in [0.2, 0.25) is 0 Å². The number of rotatable bonds is 9. The summed E-state index contributed by atoms with van der Waals surface area (Å²) in [6, 6.07) is 0. The molecule has 18 heavy (non-hydrogen) atoms. The number of carbonyl (C=O) groups is 2. The van der Waals surface area contributed by atoms with E-state index < -0.39 is 17.4 Å². The highest BCUT2D eigenvalue weighted by Crippen LogP contribution is 2.28. The summed E-state index contributed by atoms with van der Waals surface area (Å²) in [5, 5.41) is 0. The summed E-state index contributed by atoms with van der Waals surface area (Å²) in [4.78, 5) is 23.8. The first-order valence-electron chi connectivity index (χ1n) is 6.48. The Labute approximate surface area is 109 Å². The molecule has 0 saturated heterocycles. The molecule has 0 radical (unpaired) electrons. The van der Waals surface area contributed by atoms with Gasteiger partial charge in [-0.15, -0.1) is 6.58 Å². The zero-order chi connectivity index (χ0) is 14.0. The maximum Gasteiger partial charge on any atom is 0.323 e. The highest BCUT2D eigenvalue weighted by Gasteiger charge is 2.43. The summed E-state index contributed by atoms with van der Waals surface area (Å²) in [6.07, 6.45) is 4.81. The molecule has 0 heterocycles. The van der Waals surface area contributed by atoms with Gasteiger partial charge in [-0.2, -0.15) is 0 Å². The van der Waals surface area contributed by atoms with Crippen molar-refractivity contribution in [2.75, 3.05) is 13.2 Å². The minimum atomic E-state index is -1.19. The Morgan fingerprint density at radius 1 is 1.11 bits per heavy atom. The lowest BCUT2D eigenvalue weighted by Crippen LogP contribution is -2.39. The highest BCUT2D eigenvalue weighted by atomic mass is 16.6. The quantitative estimate of drug-likeness (QED) is 0.275. The van der Waals surface area contributed by atoms with E-state index in [1.54, 1.807) is 20.8 Å². The first-order chi connectivity index (χ1) is 8.52. The van der Waals surface area contributed by atoms with Gasteiger partial charge in [-0.25, -0.2) is 0 Å². The normalized spacial score (nSPS) is 10.8. The van der Waals surface area contributed by atoms with Gasteiger partial charge in [0.2, 0.25) is 0 Å². The van der Waals surface area contributed by atoms with Crippen LogP contribution in [0.1, 0.15) is 46.5 Å². The Morgan fingerprint density at radius 3 is 2.00 bits per heavy atom. The third kappa shape index (κ3) is 4.90. The summed E-state index contributed by atoms with van der Waals surface area (Å²) >= 11 is 0. The molecule has 0 aromatic rings. The van der Waals surface area contributed by atoms with E-state index in [-0.39, 0.29) is 13.2 Å². The molecule has 0 aliphatic heterocycles. The number of ether oxygens (including phenoxy) is 2. The summed E-state index contributed by atoms with van der Waals surface area (Å²) in [7, 11) is 0. The molecule has 0 unspecified atom stereocenters. The first-order valence-corrected chi connectivity index (χ1v) is 6.48. The zero-order valence-electron chi connectivity index (χ0n) is 11.7. The van der Waals surface area contributed by atoms with Gasteiger partial charge in [0, 0.05) is 0 Å². The van der Waals surface area contributed by atoms with Crippen LogP contribution < -0.4 is 0 Å². The van der Waals surface area contributed by atoms with Crippen molar-refractivity contribution in [1.82, 2.24) is 0 Å². The number of unbranched alkanes of at least 4 members (excludes halogenated alkanes) is 2. The fraction of sp³-hybridized carbons (Fsp3) is 0.714. The minimum absolute atomic E-state index is 0.264. The molecule has 0 N–H and O–H groups in total. The van der Waals surface area contributed by atoms with Gasteiger partial charge in [0.15, 0.2) is 5.41 Å². The number of hydrogen-bond donors (Lipinski definition) is 0. The molecule has 0 spiro atoms. The molecule has 4 heteroatoms. The lowest BCUT2D eigenvalue weighted by Gasteiger charge is -2.24. The van der Waals surface area contributed by atoms with E-state index in [1.165, 1.54) is 0 Å². The van der Waals surface area contributed by atoms with Crippen LogP contribution in [0.4, 0.5) is 0 Å². The Kier molecular flexibility index (Phi) is 8.08. The van der Waals surface area contributed by atoms with E-state index in [0.717, 1.165) is 19.3 Å². The average molecular weight is 256 g/mol. The first kappa shape index (κ1) is 16.7. The minimum Gasteiger partial charge on any atom is -0.465 e. The van der Waals surface area contributed by atoms with Crippen molar-refractivity contribution in [3.05, 3.63) is 12.7 Å². The van der Waals surface area contributed by atoms with Gasteiger partial charge in [-0.1, -0.05) is 12.5 Å². The van der Waals surface area contributed by atoms with Gasteiger partial charge in [0.25, 0.3) is 0 Å². The molecule has 0 amide bonds.